The molecule has 0 aliphatic carbocycles. The van der Waals surface area contributed by atoms with Crippen molar-refractivity contribution in [2.45, 2.75) is 43.8 Å². The largest absolute Gasteiger partial charge is 0.497 e. The van der Waals surface area contributed by atoms with Crippen molar-refractivity contribution in [1.82, 2.24) is 15.5 Å². The topological polar surface area (TPSA) is 79.9 Å². The lowest BCUT2D eigenvalue weighted by Gasteiger charge is -2.33. The van der Waals surface area contributed by atoms with Gasteiger partial charge in [0.2, 0.25) is 11.8 Å². The zero-order chi connectivity index (χ0) is 19.2. The normalized spacial score (nSPS) is 22.2. The molecule has 1 aromatic rings. The number of amides is 2. The van der Waals surface area contributed by atoms with E-state index in [4.69, 9.17) is 9.47 Å². The van der Waals surface area contributed by atoms with Crippen LogP contribution in [0.5, 0.6) is 5.75 Å². The van der Waals surface area contributed by atoms with Crippen LogP contribution < -0.4 is 15.4 Å². The van der Waals surface area contributed by atoms with Crippen molar-refractivity contribution in [1.29, 1.82) is 0 Å². The van der Waals surface area contributed by atoms with Crippen LogP contribution in [0.1, 0.15) is 37.3 Å². The quantitative estimate of drug-likeness (QED) is 0.782. The third-order valence-corrected chi connectivity index (χ3v) is 5.42. The second kappa shape index (κ2) is 9.19. The Balaban J connectivity index is 1.77. The zero-order valence-corrected chi connectivity index (χ0v) is 16.1. The molecule has 0 unspecified atom stereocenters. The van der Waals surface area contributed by atoms with Crippen LogP contribution in [0.25, 0.3) is 0 Å². The molecule has 7 heteroatoms. The number of nitrogens with zero attached hydrogens (tertiary/aromatic N) is 1. The highest BCUT2D eigenvalue weighted by Gasteiger charge is 2.39. The Morgan fingerprint density at radius 2 is 1.89 bits per heavy atom. The molecule has 0 aromatic heterocycles. The number of ether oxygens (including phenoxy) is 2. The number of rotatable bonds is 6. The van der Waals surface area contributed by atoms with Crippen molar-refractivity contribution in [2.24, 2.45) is 0 Å². The summed E-state index contributed by atoms with van der Waals surface area (Å²) in [6.45, 7) is 2.09. The first-order valence-corrected chi connectivity index (χ1v) is 9.63. The van der Waals surface area contributed by atoms with Gasteiger partial charge >= 0.3 is 0 Å². The Bertz CT molecular complexity index is 643. The van der Waals surface area contributed by atoms with E-state index in [-0.39, 0.29) is 23.9 Å². The van der Waals surface area contributed by atoms with E-state index in [0.717, 1.165) is 43.5 Å². The average Bonchev–Trinajstić information content (AvgIpc) is 3.18. The van der Waals surface area contributed by atoms with Crippen molar-refractivity contribution in [3.63, 3.8) is 0 Å². The zero-order valence-electron chi connectivity index (χ0n) is 16.1. The molecule has 2 saturated heterocycles. The van der Waals surface area contributed by atoms with E-state index in [9.17, 15) is 9.59 Å². The Labute approximate surface area is 160 Å². The Hall–Kier alpha value is -2.12. The number of nitrogens with one attached hydrogen (secondary N) is 2. The molecule has 2 fully saturated rings. The number of benzene rings is 1. The average molecular weight is 375 g/mol. The minimum absolute atomic E-state index is 0.0156. The van der Waals surface area contributed by atoms with Gasteiger partial charge in [0.05, 0.1) is 13.2 Å². The van der Waals surface area contributed by atoms with Crippen molar-refractivity contribution in [3.05, 3.63) is 29.8 Å². The summed E-state index contributed by atoms with van der Waals surface area (Å²) < 4.78 is 10.6. The molecule has 7 nitrogen and oxygen atoms in total. The van der Waals surface area contributed by atoms with Gasteiger partial charge in [-0.05, 0) is 43.4 Å². The molecule has 0 bridgehead atoms. The molecule has 2 aliphatic heterocycles. The van der Waals surface area contributed by atoms with Gasteiger partial charge in [-0.2, -0.15) is 0 Å². The van der Waals surface area contributed by atoms with Crippen molar-refractivity contribution >= 4 is 11.8 Å². The standard InChI is InChI=1S/C20H29N3O4/c1-21-20(25)18(14-5-7-16(26-2)8-6-14)23-11-3-4-17(23)19(24)22-15-9-12-27-13-10-15/h5-8,15,17-18H,3-4,9-13H2,1-2H3,(H,21,25)(H,22,24)/t17-,18+/m0/s1. The van der Waals surface area contributed by atoms with E-state index < -0.39 is 6.04 Å². The van der Waals surface area contributed by atoms with E-state index in [1.165, 1.54) is 0 Å². The van der Waals surface area contributed by atoms with Gasteiger partial charge in [-0.3, -0.25) is 14.5 Å². The first-order chi connectivity index (χ1) is 13.1. The minimum atomic E-state index is -0.492. The van der Waals surface area contributed by atoms with Crippen molar-refractivity contribution < 1.29 is 19.1 Å². The van der Waals surface area contributed by atoms with Crippen LogP contribution in [0.3, 0.4) is 0 Å². The molecule has 2 heterocycles. The monoisotopic (exact) mass is 375 g/mol. The highest BCUT2D eigenvalue weighted by atomic mass is 16.5. The van der Waals surface area contributed by atoms with Gasteiger partial charge in [-0.25, -0.2) is 0 Å². The smallest absolute Gasteiger partial charge is 0.241 e. The number of likely N-dealkylation sites (N-methyl/N-ethyl adjacent to an activating group) is 1. The number of likely N-dealkylation sites (tertiary alicyclic amines) is 1. The molecule has 27 heavy (non-hydrogen) atoms. The molecular formula is C20H29N3O4. The van der Waals surface area contributed by atoms with Gasteiger partial charge in [0.1, 0.15) is 11.8 Å². The number of hydrogen-bond acceptors (Lipinski definition) is 5. The second-order valence-corrected chi connectivity index (χ2v) is 7.08. The van der Waals surface area contributed by atoms with Crippen LogP contribution in [-0.4, -0.2) is 62.7 Å². The molecule has 2 atom stereocenters. The third kappa shape index (κ3) is 4.59. The predicted molar refractivity (Wildman–Crippen MR) is 102 cm³/mol. The molecule has 2 amide bonds. The minimum Gasteiger partial charge on any atom is -0.497 e. The van der Waals surface area contributed by atoms with Gasteiger partial charge in [-0.15, -0.1) is 0 Å². The summed E-state index contributed by atoms with van der Waals surface area (Å²) in [6.07, 6.45) is 3.35. The lowest BCUT2D eigenvalue weighted by Crippen LogP contribution is -2.51. The number of hydrogen-bond donors (Lipinski definition) is 2. The predicted octanol–water partition coefficient (Wildman–Crippen LogP) is 1.24. The van der Waals surface area contributed by atoms with Gasteiger partial charge in [-0.1, -0.05) is 12.1 Å². The summed E-state index contributed by atoms with van der Waals surface area (Å²) in [7, 11) is 3.24. The fourth-order valence-corrected chi connectivity index (χ4v) is 3.94. The maximum atomic E-state index is 12.9. The van der Waals surface area contributed by atoms with Gasteiger partial charge in [0.15, 0.2) is 0 Å². The van der Waals surface area contributed by atoms with Gasteiger partial charge in [0.25, 0.3) is 0 Å². The fraction of sp³-hybridized carbons (Fsp3) is 0.600. The Morgan fingerprint density at radius 3 is 2.52 bits per heavy atom. The van der Waals surface area contributed by atoms with E-state index in [2.05, 4.69) is 10.6 Å². The first-order valence-electron chi connectivity index (χ1n) is 9.63. The van der Waals surface area contributed by atoms with E-state index in [1.54, 1.807) is 14.2 Å². The lowest BCUT2D eigenvalue weighted by molar-refractivity contribution is -0.131. The molecule has 1 aromatic carbocycles. The summed E-state index contributed by atoms with van der Waals surface area (Å²) in [5.74, 6) is 0.650. The summed E-state index contributed by atoms with van der Waals surface area (Å²) in [5.41, 5.74) is 0.862. The summed E-state index contributed by atoms with van der Waals surface area (Å²) in [4.78, 5) is 27.6. The number of methoxy groups -OCH3 is 1. The van der Waals surface area contributed by atoms with Gasteiger partial charge < -0.3 is 20.1 Å². The molecule has 0 spiro atoms. The third-order valence-electron chi connectivity index (χ3n) is 5.42. The Morgan fingerprint density at radius 1 is 1.19 bits per heavy atom. The SMILES string of the molecule is CNC(=O)[C@@H](c1ccc(OC)cc1)N1CCC[C@H]1C(=O)NC1CCOCC1. The first kappa shape index (κ1) is 19.6. The van der Waals surface area contributed by atoms with Crippen LogP contribution in [0.15, 0.2) is 24.3 Å². The van der Waals surface area contributed by atoms with E-state index in [0.29, 0.717) is 13.2 Å². The number of carbonyl (C=O) groups excluding carboxylic acids is 2. The van der Waals surface area contributed by atoms with Crippen LogP contribution in [-0.2, 0) is 14.3 Å². The summed E-state index contributed by atoms with van der Waals surface area (Å²) in [6, 6.07) is 6.85. The van der Waals surface area contributed by atoms with Crippen LogP contribution >= 0.6 is 0 Å². The van der Waals surface area contributed by atoms with Crippen LogP contribution in [0.2, 0.25) is 0 Å². The molecule has 2 N–H and O–H groups in total. The maximum absolute atomic E-state index is 12.9. The summed E-state index contributed by atoms with van der Waals surface area (Å²) in [5, 5.41) is 5.91. The van der Waals surface area contributed by atoms with Crippen molar-refractivity contribution in [3.8, 4) is 5.75 Å². The Kier molecular flexibility index (Phi) is 6.68. The molecule has 148 valence electrons. The molecular weight excluding hydrogens is 346 g/mol. The molecule has 3 rings (SSSR count). The highest BCUT2D eigenvalue weighted by molar-refractivity contribution is 5.86. The molecule has 0 saturated carbocycles. The van der Waals surface area contributed by atoms with Crippen molar-refractivity contribution in [2.75, 3.05) is 33.9 Å². The summed E-state index contributed by atoms with van der Waals surface area (Å²) >= 11 is 0. The second-order valence-electron chi connectivity index (χ2n) is 7.08. The lowest BCUT2D eigenvalue weighted by atomic mass is 10.0. The van der Waals surface area contributed by atoms with Crippen LogP contribution in [0.4, 0.5) is 0 Å². The highest BCUT2D eigenvalue weighted by Crippen LogP contribution is 2.31. The van der Waals surface area contributed by atoms with Gasteiger partial charge in [0, 0.05) is 32.8 Å². The van der Waals surface area contributed by atoms with E-state index in [1.807, 2.05) is 29.2 Å². The fourth-order valence-electron chi connectivity index (χ4n) is 3.94. The number of carbonyl (C=O) groups is 2. The van der Waals surface area contributed by atoms with Crippen LogP contribution in [0, 0.1) is 0 Å². The van der Waals surface area contributed by atoms with E-state index >= 15 is 0 Å². The molecule has 0 radical (unpaired) electrons. The molecule has 2 aliphatic rings. The maximum Gasteiger partial charge on any atom is 0.241 e.